The predicted molar refractivity (Wildman–Crippen MR) is 371 cm³/mol. The number of rotatable bonds is 10. The summed E-state index contributed by atoms with van der Waals surface area (Å²) in [6.45, 7) is 18.4. The van der Waals surface area contributed by atoms with Crippen molar-refractivity contribution in [3.8, 4) is 22.3 Å². The summed E-state index contributed by atoms with van der Waals surface area (Å²) in [7, 11) is 0. The summed E-state index contributed by atoms with van der Waals surface area (Å²) in [4.78, 5) is 4.97. The fourth-order valence-corrected chi connectivity index (χ4v) is 14.5. The number of hydrogen-bond acceptors (Lipinski definition) is 2. The molecule has 2 aliphatic rings. The Morgan fingerprint density at radius 2 is 0.558 bits per heavy atom. The lowest BCUT2D eigenvalue weighted by Crippen LogP contribution is -2.17. The molecule has 0 heterocycles. The van der Waals surface area contributed by atoms with Gasteiger partial charge in [0.05, 0.1) is 11.4 Å². The highest BCUT2D eigenvalue weighted by Gasteiger charge is 2.38. The Morgan fingerprint density at radius 1 is 0.256 bits per heavy atom. The average molecular weight is 1110 g/mol. The molecule has 15 rings (SSSR count). The first-order valence-electron chi connectivity index (χ1n) is 30.4. The fraction of sp³-hybridized carbons (Fsp3) is 0.119. The second-order valence-corrected chi connectivity index (χ2v) is 25.3. The third-order valence-electron chi connectivity index (χ3n) is 18.7. The summed E-state index contributed by atoms with van der Waals surface area (Å²) in [6.07, 6.45) is 9.02. The molecular formula is C84H68N2. The van der Waals surface area contributed by atoms with Crippen LogP contribution in [0.1, 0.15) is 94.5 Å². The molecule has 0 saturated carbocycles. The van der Waals surface area contributed by atoms with Crippen molar-refractivity contribution in [2.75, 3.05) is 9.80 Å². The maximum absolute atomic E-state index is 2.49. The monoisotopic (exact) mass is 1100 g/mol. The predicted octanol–water partition coefficient (Wildman–Crippen LogP) is 23.4. The van der Waals surface area contributed by atoms with Crippen LogP contribution in [0, 0.1) is 27.7 Å². The zero-order chi connectivity index (χ0) is 58.6. The maximum Gasteiger partial charge on any atom is 0.0546 e. The van der Waals surface area contributed by atoms with E-state index in [2.05, 4.69) is 332 Å². The van der Waals surface area contributed by atoms with E-state index in [1.54, 1.807) is 0 Å². The molecule has 2 aliphatic carbocycles. The third kappa shape index (κ3) is 8.94. The highest BCUT2D eigenvalue weighted by molar-refractivity contribution is 6.16. The Bertz CT molecular complexity index is 4630. The molecule has 0 N–H and O–H groups in total. The van der Waals surface area contributed by atoms with Crippen LogP contribution in [-0.2, 0) is 10.8 Å². The Kier molecular flexibility index (Phi) is 12.5. The van der Waals surface area contributed by atoms with E-state index in [9.17, 15) is 0 Å². The van der Waals surface area contributed by atoms with Gasteiger partial charge in [-0.3, -0.25) is 0 Å². The third-order valence-corrected chi connectivity index (χ3v) is 18.7. The summed E-state index contributed by atoms with van der Waals surface area (Å²) in [5, 5.41) is 10.0. The minimum Gasteiger partial charge on any atom is -0.310 e. The van der Waals surface area contributed by atoms with Crippen LogP contribution >= 0.6 is 0 Å². The summed E-state index contributed by atoms with van der Waals surface area (Å²) in [5.41, 5.74) is 27.0. The zero-order valence-corrected chi connectivity index (χ0v) is 50.3. The fourth-order valence-electron chi connectivity index (χ4n) is 14.5. The van der Waals surface area contributed by atoms with Gasteiger partial charge in [-0.2, -0.15) is 0 Å². The van der Waals surface area contributed by atoms with E-state index < -0.39 is 0 Å². The molecule has 0 saturated heterocycles. The Morgan fingerprint density at radius 3 is 0.942 bits per heavy atom. The molecule has 0 spiro atoms. The molecule has 0 fully saturated rings. The van der Waals surface area contributed by atoms with E-state index in [1.807, 2.05) is 0 Å². The zero-order valence-electron chi connectivity index (χ0n) is 50.3. The molecule has 0 unspecified atom stereocenters. The maximum atomic E-state index is 2.49. The topological polar surface area (TPSA) is 6.48 Å². The minimum atomic E-state index is -0.210. The van der Waals surface area contributed by atoms with Gasteiger partial charge in [0.1, 0.15) is 0 Å². The van der Waals surface area contributed by atoms with E-state index in [-0.39, 0.29) is 10.8 Å². The van der Waals surface area contributed by atoms with Crippen LogP contribution in [0.3, 0.4) is 0 Å². The molecule has 2 heteroatoms. The lowest BCUT2D eigenvalue weighted by atomic mass is 9.81. The second kappa shape index (κ2) is 20.4. The van der Waals surface area contributed by atoms with Gasteiger partial charge in [-0.1, -0.05) is 234 Å². The van der Waals surface area contributed by atoms with Crippen LogP contribution in [0.25, 0.3) is 89.6 Å². The molecule has 86 heavy (non-hydrogen) atoms. The Balaban J connectivity index is 0.682. The molecule has 13 aromatic carbocycles. The number of nitrogens with zero attached hydrogens (tertiary/aromatic N) is 2. The van der Waals surface area contributed by atoms with E-state index in [0.29, 0.717) is 0 Å². The molecule has 0 bridgehead atoms. The molecule has 414 valence electrons. The Hall–Kier alpha value is -10.0. The summed E-state index contributed by atoms with van der Waals surface area (Å²) < 4.78 is 0. The van der Waals surface area contributed by atoms with Crippen molar-refractivity contribution < 1.29 is 0 Å². The summed E-state index contributed by atoms with van der Waals surface area (Å²) in [6, 6.07) is 91.1. The molecule has 2 nitrogen and oxygen atoms in total. The van der Waals surface area contributed by atoms with Crippen LogP contribution in [0.5, 0.6) is 0 Å². The van der Waals surface area contributed by atoms with Gasteiger partial charge in [0.25, 0.3) is 0 Å². The molecule has 0 radical (unpaired) electrons. The van der Waals surface area contributed by atoms with Gasteiger partial charge in [0.15, 0.2) is 0 Å². The molecule has 0 aliphatic heterocycles. The van der Waals surface area contributed by atoms with Crippen molar-refractivity contribution >= 4 is 102 Å². The average Bonchev–Trinajstić information content (AvgIpc) is 1.67. The van der Waals surface area contributed by atoms with E-state index in [0.717, 1.165) is 11.4 Å². The van der Waals surface area contributed by atoms with Crippen molar-refractivity contribution in [1.29, 1.82) is 0 Å². The lowest BCUT2D eigenvalue weighted by molar-refractivity contribution is 0.660. The normalized spacial score (nSPS) is 13.7. The number of aryl methyl sites for hydroxylation is 4. The molecule has 0 aromatic heterocycles. The van der Waals surface area contributed by atoms with Gasteiger partial charge in [-0.15, -0.1) is 0 Å². The van der Waals surface area contributed by atoms with Gasteiger partial charge in [-0.25, -0.2) is 0 Å². The van der Waals surface area contributed by atoms with Crippen molar-refractivity contribution in [1.82, 2.24) is 0 Å². The Labute approximate surface area is 506 Å². The first-order chi connectivity index (χ1) is 41.7. The molecule has 13 aromatic rings. The summed E-state index contributed by atoms with van der Waals surface area (Å²) in [5.74, 6) is 0. The van der Waals surface area contributed by atoms with Crippen LogP contribution < -0.4 is 9.80 Å². The van der Waals surface area contributed by atoms with E-state index >= 15 is 0 Å². The molecule has 0 amide bonds. The number of hydrogen-bond donors (Lipinski definition) is 0. The van der Waals surface area contributed by atoms with E-state index in [4.69, 9.17) is 0 Å². The first-order valence-corrected chi connectivity index (χ1v) is 30.4. The van der Waals surface area contributed by atoms with Gasteiger partial charge >= 0.3 is 0 Å². The van der Waals surface area contributed by atoms with Crippen LogP contribution in [0.4, 0.5) is 34.1 Å². The second-order valence-electron chi connectivity index (χ2n) is 25.3. The minimum absolute atomic E-state index is 0.210. The largest absolute Gasteiger partial charge is 0.310 e. The SMILES string of the molecule is Cc1cc(C)cc(N(c2ccc3c(c2)C(C)(C)c2cc(/C=C/c4ccc(/C=C/c5ccc6c(c5)C(C)(C)c5cc(N(c7cc(C)cc(C)c7)c7cc8ccccc8c8ccccc78)ccc5-6)cc4)ccc2-3)c2cc3ccccc3c3ccccc23)c1. The van der Waals surface area contributed by atoms with Crippen LogP contribution in [0.15, 0.2) is 243 Å². The van der Waals surface area contributed by atoms with Crippen molar-refractivity contribution in [3.63, 3.8) is 0 Å². The van der Waals surface area contributed by atoms with Gasteiger partial charge in [-0.05, 0) is 210 Å². The van der Waals surface area contributed by atoms with Crippen molar-refractivity contribution in [2.24, 2.45) is 0 Å². The number of fused-ring (bicyclic) bond motifs is 12. The highest BCUT2D eigenvalue weighted by atomic mass is 15.2. The van der Waals surface area contributed by atoms with Gasteiger partial charge in [0, 0.05) is 44.4 Å². The highest BCUT2D eigenvalue weighted by Crippen LogP contribution is 2.54. The van der Waals surface area contributed by atoms with Crippen molar-refractivity contribution in [3.05, 3.63) is 309 Å². The standard InChI is InChI=1S/C84H68N2/c1-53-41-54(2)44-65(43-53)85(81-49-61-17-9-11-19-67(61)69-21-13-15-23-75(69)81)63-35-39-73-71-37-33-59(47-77(71)83(5,6)79(73)51-63)31-29-57-25-27-58(28-26-57)30-32-60-34-38-72-74-40-36-64(52-80(74)84(7,8)78(72)48-60)86(66-45-55(3)42-56(4)46-66)82-50-62-18-10-12-20-68(62)70-22-14-16-24-76(70)82/h9-52H,1-8H3/b31-29+,32-30+. The lowest BCUT2D eigenvalue weighted by Gasteiger charge is -2.30. The van der Waals surface area contributed by atoms with Gasteiger partial charge in [0.2, 0.25) is 0 Å². The van der Waals surface area contributed by atoms with E-state index in [1.165, 1.54) is 155 Å². The quantitative estimate of drug-likeness (QED) is 0.0995. The number of benzene rings is 13. The van der Waals surface area contributed by atoms with Crippen LogP contribution in [-0.4, -0.2) is 0 Å². The first kappa shape index (κ1) is 52.8. The molecular weight excluding hydrogens is 1040 g/mol. The van der Waals surface area contributed by atoms with Crippen molar-refractivity contribution in [2.45, 2.75) is 66.2 Å². The molecule has 0 atom stereocenters. The van der Waals surface area contributed by atoms with Gasteiger partial charge < -0.3 is 9.80 Å². The summed E-state index contributed by atoms with van der Waals surface area (Å²) >= 11 is 0. The van der Waals surface area contributed by atoms with Crippen LogP contribution in [0.2, 0.25) is 0 Å². The number of anilines is 6. The smallest absolute Gasteiger partial charge is 0.0546 e.